The minimum absolute atomic E-state index is 0.0903. The Labute approximate surface area is 54.3 Å². The van der Waals surface area contributed by atoms with Crippen molar-refractivity contribution in [2.45, 2.75) is 6.04 Å². The number of nitrogens with two attached hydrogens (primary N) is 2. The van der Waals surface area contributed by atoms with Crippen molar-refractivity contribution < 1.29 is 0 Å². The normalized spacial score (nSPS) is 20.9. The summed E-state index contributed by atoms with van der Waals surface area (Å²) in [6, 6.07) is -0.0903. The van der Waals surface area contributed by atoms with Crippen molar-refractivity contribution in [3.8, 4) is 0 Å². The second-order valence-electron chi connectivity index (χ2n) is 2.04. The Hall–Kier alpha value is -0.610. The van der Waals surface area contributed by atoms with Gasteiger partial charge < -0.3 is 16.8 Å². The van der Waals surface area contributed by atoms with Crippen LogP contribution in [-0.4, -0.2) is 31.5 Å². The van der Waals surface area contributed by atoms with Gasteiger partial charge in [-0.15, -0.1) is 0 Å². The van der Waals surface area contributed by atoms with Gasteiger partial charge in [-0.05, 0) is 0 Å². The molecule has 52 valence electrons. The molecule has 1 aliphatic rings. The van der Waals surface area contributed by atoms with Crippen molar-refractivity contribution in [3.63, 3.8) is 0 Å². The van der Waals surface area contributed by atoms with Gasteiger partial charge in [0.2, 0.25) is 0 Å². The first-order chi connectivity index (χ1) is 4.34. The van der Waals surface area contributed by atoms with Crippen LogP contribution in [0.1, 0.15) is 0 Å². The van der Waals surface area contributed by atoms with Crippen LogP contribution < -0.4 is 16.8 Å². The highest BCUT2D eigenvalue weighted by Crippen LogP contribution is 1.87. The largest absolute Gasteiger partial charge is 0.371 e. The molecule has 1 rings (SSSR count). The quantitative estimate of drug-likeness (QED) is 0.414. The molecule has 1 atom stereocenters. The van der Waals surface area contributed by atoms with Gasteiger partial charge in [-0.2, -0.15) is 0 Å². The lowest BCUT2D eigenvalue weighted by Gasteiger charge is -2.07. The van der Waals surface area contributed by atoms with Crippen LogP contribution in [-0.2, 0) is 0 Å². The van der Waals surface area contributed by atoms with Gasteiger partial charge in [-0.25, -0.2) is 0 Å². The van der Waals surface area contributed by atoms with Gasteiger partial charge in [0.05, 0.1) is 12.6 Å². The summed E-state index contributed by atoms with van der Waals surface area (Å²) >= 11 is 0. The highest BCUT2D eigenvalue weighted by molar-refractivity contribution is 5.88. The van der Waals surface area contributed by atoms with E-state index in [2.05, 4.69) is 10.3 Å². The van der Waals surface area contributed by atoms with Crippen molar-refractivity contribution in [3.05, 3.63) is 0 Å². The highest BCUT2D eigenvalue weighted by Gasteiger charge is 2.11. The van der Waals surface area contributed by atoms with Crippen LogP contribution in [0.5, 0.6) is 0 Å². The predicted molar refractivity (Wildman–Crippen MR) is 37.3 cm³/mol. The zero-order chi connectivity index (χ0) is 6.69. The van der Waals surface area contributed by atoms with E-state index in [4.69, 9.17) is 11.5 Å². The first-order valence-electron chi connectivity index (χ1n) is 3.08. The molecule has 0 saturated carbocycles. The molecule has 0 aromatic heterocycles. The molecular formula is C5H12N4. The van der Waals surface area contributed by atoms with Crippen LogP contribution in [0, 0.1) is 0 Å². The third-order valence-corrected chi connectivity index (χ3v) is 1.31. The molecule has 0 bridgehead atoms. The highest BCUT2D eigenvalue weighted by atomic mass is 15.1. The number of hydrogen-bond donors (Lipinski definition) is 3. The fraction of sp³-hybridized carbons (Fsp3) is 0.800. The summed E-state index contributed by atoms with van der Waals surface area (Å²) in [6.45, 7) is 2.21. The number of nitrogens with zero attached hydrogens (tertiary/aromatic N) is 1. The Bertz CT molecular complexity index is 120. The molecule has 4 heteroatoms. The topological polar surface area (TPSA) is 76.4 Å². The fourth-order valence-electron chi connectivity index (χ4n) is 0.776. The van der Waals surface area contributed by atoms with Crippen LogP contribution in [0.4, 0.5) is 0 Å². The van der Waals surface area contributed by atoms with E-state index in [1.807, 2.05) is 0 Å². The lowest BCUT2D eigenvalue weighted by atomic mass is 10.3. The van der Waals surface area contributed by atoms with Gasteiger partial charge in [-0.1, -0.05) is 0 Å². The van der Waals surface area contributed by atoms with Gasteiger partial charge in [-0.3, -0.25) is 4.99 Å². The molecule has 5 N–H and O–H groups in total. The maximum atomic E-state index is 5.56. The number of aliphatic imine (C=N–C) groups is 1. The lowest BCUT2D eigenvalue weighted by Crippen LogP contribution is -2.43. The van der Waals surface area contributed by atoms with Crippen molar-refractivity contribution >= 4 is 5.84 Å². The number of rotatable bonds is 2. The Kier molecular flexibility index (Phi) is 2.02. The van der Waals surface area contributed by atoms with E-state index in [-0.39, 0.29) is 6.04 Å². The van der Waals surface area contributed by atoms with E-state index in [0.29, 0.717) is 6.54 Å². The molecule has 0 spiro atoms. The van der Waals surface area contributed by atoms with Crippen LogP contribution in [0.25, 0.3) is 0 Å². The Morgan fingerprint density at radius 3 is 3.00 bits per heavy atom. The van der Waals surface area contributed by atoms with Crippen LogP contribution in [0.2, 0.25) is 0 Å². The standard InChI is InChI=1S/C5H12N4/c6-3-4(7)5-8-1-2-9-5/h4H,1-3,6-7H2,(H,8,9). The minimum Gasteiger partial charge on any atom is -0.371 e. The smallest absolute Gasteiger partial charge is 0.115 e. The van der Waals surface area contributed by atoms with E-state index in [1.54, 1.807) is 0 Å². The first kappa shape index (κ1) is 6.51. The number of nitrogens with one attached hydrogen (secondary N) is 1. The van der Waals surface area contributed by atoms with Crippen molar-refractivity contribution in [1.29, 1.82) is 0 Å². The summed E-state index contributed by atoms with van der Waals surface area (Å²) in [7, 11) is 0. The average molecular weight is 128 g/mol. The Morgan fingerprint density at radius 1 is 1.78 bits per heavy atom. The number of amidine groups is 1. The second kappa shape index (κ2) is 2.80. The molecule has 0 aromatic carbocycles. The van der Waals surface area contributed by atoms with E-state index in [0.717, 1.165) is 18.9 Å². The number of hydrogen-bond acceptors (Lipinski definition) is 4. The summed E-state index contributed by atoms with van der Waals surface area (Å²) in [4.78, 5) is 4.11. The molecule has 0 aliphatic carbocycles. The summed E-state index contributed by atoms with van der Waals surface area (Å²) in [6.07, 6.45) is 0. The summed E-state index contributed by atoms with van der Waals surface area (Å²) in [5.74, 6) is 0.859. The van der Waals surface area contributed by atoms with Crippen LogP contribution >= 0.6 is 0 Å². The molecule has 0 saturated heterocycles. The molecule has 0 amide bonds. The zero-order valence-electron chi connectivity index (χ0n) is 5.30. The molecule has 4 nitrogen and oxygen atoms in total. The summed E-state index contributed by atoms with van der Waals surface area (Å²) in [5.41, 5.74) is 10.9. The molecule has 1 aliphatic heterocycles. The average Bonchev–Trinajstić information content (AvgIpc) is 2.37. The molecule has 0 radical (unpaired) electrons. The fourth-order valence-corrected chi connectivity index (χ4v) is 0.776. The third-order valence-electron chi connectivity index (χ3n) is 1.31. The van der Waals surface area contributed by atoms with Gasteiger partial charge in [0.1, 0.15) is 5.84 Å². The van der Waals surface area contributed by atoms with Gasteiger partial charge >= 0.3 is 0 Å². The van der Waals surface area contributed by atoms with Gasteiger partial charge in [0.15, 0.2) is 0 Å². The van der Waals surface area contributed by atoms with Crippen molar-refractivity contribution in [2.24, 2.45) is 16.5 Å². The third kappa shape index (κ3) is 1.40. The molecule has 9 heavy (non-hydrogen) atoms. The van der Waals surface area contributed by atoms with Crippen molar-refractivity contribution in [2.75, 3.05) is 19.6 Å². The molecule has 0 fully saturated rings. The monoisotopic (exact) mass is 128 g/mol. The van der Waals surface area contributed by atoms with Gasteiger partial charge in [0, 0.05) is 13.1 Å². The minimum atomic E-state index is -0.0903. The summed E-state index contributed by atoms with van der Waals surface area (Å²) < 4.78 is 0. The van der Waals surface area contributed by atoms with E-state index in [1.165, 1.54) is 0 Å². The molecule has 0 aromatic rings. The second-order valence-corrected chi connectivity index (χ2v) is 2.04. The van der Waals surface area contributed by atoms with Gasteiger partial charge in [0.25, 0.3) is 0 Å². The van der Waals surface area contributed by atoms with Crippen LogP contribution in [0.3, 0.4) is 0 Å². The van der Waals surface area contributed by atoms with E-state index in [9.17, 15) is 0 Å². The SMILES string of the molecule is NCC(N)C1=NCCN1. The van der Waals surface area contributed by atoms with E-state index < -0.39 is 0 Å². The zero-order valence-corrected chi connectivity index (χ0v) is 5.30. The van der Waals surface area contributed by atoms with Crippen molar-refractivity contribution in [1.82, 2.24) is 5.32 Å². The molecule has 1 unspecified atom stereocenters. The Morgan fingerprint density at radius 2 is 2.56 bits per heavy atom. The first-order valence-corrected chi connectivity index (χ1v) is 3.08. The predicted octanol–water partition coefficient (Wildman–Crippen LogP) is -1.73. The summed E-state index contributed by atoms with van der Waals surface area (Å²) in [5, 5.41) is 3.05. The lowest BCUT2D eigenvalue weighted by molar-refractivity contribution is 0.830. The van der Waals surface area contributed by atoms with Crippen LogP contribution in [0.15, 0.2) is 4.99 Å². The molecule has 1 heterocycles. The Balaban J connectivity index is 2.40. The molecular weight excluding hydrogens is 116 g/mol. The maximum absolute atomic E-state index is 5.56. The van der Waals surface area contributed by atoms with E-state index >= 15 is 0 Å². The maximum Gasteiger partial charge on any atom is 0.115 e.